The average molecular weight is 259 g/mol. The number of rotatable bonds is 1. The molecule has 1 aromatic carbocycles. The number of hydrogen-bond donors (Lipinski definition) is 0. The van der Waals surface area contributed by atoms with Crippen LogP contribution < -0.4 is 0 Å². The summed E-state index contributed by atoms with van der Waals surface area (Å²) in [5, 5.41) is 1.12. The molecular formula is C10H8BrFS. The summed E-state index contributed by atoms with van der Waals surface area (Å²) < 4.78 is 15.1. The van der Waals surface area contributed by atoms with Gasteiger partial charge in [-0.15, -0.1) is 11.3 Å². The predicted molar refractivity (Wildman–Crippen MR) is 59.0 cm³/mol. The van der Waals surface area contributed by atoms with Gasteiger partial charge in [-0.1, -0.05) is 22.0 Å². The molecule has 0 aliphatic heterocycles. The first-order chi connectivity index (χ1) is 6.16. The van der Waals surface area contributed by atoms with E-state index in [4.69, 9.17) is 0 Å². The maximum Gasteiger partial charge on any atom is 0.131 e. The van der Waals surface area contributed by atoms with Crippen LogP contribution in [0.3, 0.4) is 0 Å². The van der Waals surface area contributed by atoms with Gasteiger partial charge in [0.1, 0.15) is 6.17 Å². The highest BCUT2D eigenvalue weighted by atomic mass is 79.9. The van der Waals surface area contributed by atoms with Crippen molar-refractivity contribution >= 4 is 37.4 Å². The van der Waals surface area contributed by atoms with Gasteiger partial charge in [0.25, 0.3) is 0 Å². The molecule has 0 amide bonds. The highest BCUT2D eigenvalue weighted by Crippen LogP contribution is 2.32. The van der Waals surface area contributed by atoms with Crippen molar-refractivity contribution < 1.29 is 4.39 Å². The van der Waals surface area contributed by atoms with E-state index in [0.717, 1.165) is 19.4 Å². The highest BCUT2D eigenvalue weighted by Gasteiger charge is 2.07. The minimum Gasteiger partial charge on any atom is -0.242 e. The second-order valence-electron chi connectivity index (χ2n) is 2.95. The Morgan fingerprint density at radius 1 is 1.38 bits per heavy atom. The Labute approximate surface area is 88.5 Å². The molecule has 0 bridgehead atoms. The van der Waals surface area contributed by atoms with Gasteiger partial charge in [-0.2, -0.15) is 0 Å². The van der Waals surface area contributed by atoms with Crippen LogP contribution in [0.25, 0.3) is 10.1 Å². The highest BCUT2D eigenvalue weighted by molar-refractivity contribution is 9.10. The van der Waals surface area contributed by atoms with Gasteiger partial charge in [-0.3, -0.25) is 0 Å². The van der Waals surface area contributed by atoms with E-state index in [9.17, 15) is 4.39 Å². The Hall–Kier alpha value is -0.410. The number of hydrogen-bond acceptors (Lipinski definition) is 1. The van der Waals surface area contributed by atoms with Gasteiger partial charge >= 0.3 is 0 Å². The SMILES string of the molecule is CC(F)c1cc2ccc(Br)cc2s1. The number of benzene rings is 1. The molecule has 0 saturated carbocycles. The molecule has 1 aromatic heterocycles. The van der Waals surface area contributed by atoms with E-state index in [1.165, 1.54) is 11.3 Å². The molecule has 0 nitrogen and oxygen atoms in total. The molecule has 2 aromatic rings. The average Bonchev–Trinajstić information content (AvgIpc) is 2.46. The Bertz CT molecular complexity index is 433. The van der Waals surface area contributed by atoms with Crippen LogP contribution in [0.1, 0.15) is 18.0 Å². The van der Waals surface area contributed by atoms with Crippen LogP contribution in [0.15, 0.2) is 28.7 Å². The van der Waals surface area contributed by atoms with Crippen molar-refractivity contribution in [3.63, 3.8) is 0 Å². The van der Waals surface area contributed by atoms with Crippen molar-refractivity contribution in [3.05, 3.63) is 33.6 Å². The van der Waals surface area contributed by atoms with Crippen LogP contribution in [0.4, 0.5) is 4.39 Å². The van der Waals surface area contributed by atoms with Crippen LogP contribution in [0, 0.1) is 0 Å². The Morgan fingerprint density at radius 3 is 2.85 bits per heavy atom. The zero-order chi connectivity index (χ0) is 9.42. The van der Waals surface area contributed by atoms with Crippen molar-refractivity contribution in [2.45, 2.75) is 13.1 Å². The molecule has 13 heavy (non-hydrogen) atoms. The van der Waals surface area contributed by atoms with Gasteiger partial charge in [0.05, 0.1) is 0 Å². The summed E-state index contributed by atoms with van der Waals surface area (Å²) in [6.45, 7) is 1.57. The lowest BCUT2D eigenvalue weighted by Crippen LogP contribution is -1.74. The quantitative estimate of drug-likeness (QED) is 0.696. The summed E-state index contributed by atoms with van der Waals surface area (Å²) in [6, 6.07) is 7.91. The molecule has 0 aliphatic rings. The van der Waals surface area contributed by atoms with Gasteiger partial charge in [0, 0.05) is 14.0 Å². The Morgan fingerprint density at radius 2 is 2.15 bits per heavy atom. The zero-order valence-corrected chi connectivity index (χ0v) is 9.45. The van der Waals surface area contributed by atoms with E-state index in [-0.39, 0.29) is 0 Å². The fraction of sp³-hybridized carbons (Fsp3) is 0.200. The van der Waals surface area contributed by atoms with Crippen LogP contribution in [-0.4, -0.2) is 0 Å². The van der Waals surface area contributed by atoms with Gasteiger partial charge in [0.2, 0.25) is 0 Å². The number of thiophene rings is 1. The summed E-state index contributed by atoms with van der Waals surface area (Å²) in [5.41, 5.74) is 0. The van der Waals surface area contributed by atoms with Crippen LogP contribution >= 0.6 is 27.3 Å². The lowest BCUT2D eigenvalue weighted by molar-refractivity contribution is 0.380. The number of halogens is 2. The molecule has 68 valence electrons. The van der Waals surface area contributed by atoms with Crippen molar-refractivity contribution in [1.82, 2.24) is 0 Å². The van der Waals surface area contributed by atoms with E-state index >= 15 is 0 Å². The van der Waals surface area contributed by atoms with Gasteiger partial charge in [-0.25, -0.2) is 4.39 Å². The molecule has 1 atom stereocenters. The topological polar surface area (TPSA) is 0 Å². The first kappa shape index (κ1) is 9.16. The molecule has 1 heterocycles. The van der Waals surface area contributed by atoms with Crippen LogP contribution in [0.5, 0.6) is 0 Å². The molecule has 0 aliphatic carbocycles. The Balaban J connectivity index is 2.62. The summed E-state index contributed by atoms with van der Waals surface area (Å²) in [7, 11) is 0. The summed E-state index contributed by atoms with van der Waals surface area (Å²) >= 11 is 4.91. The summed E-state index contributed by atoms with van der Waals surface area (Å²) in [6.07, 6.45) is -0.865. The van der Waals surface area contributed by atoms with Crippen molar-refractivity contribution in [1.29, 1.82) is 0 Å². The normalized spacial score (nSPS) is 13.5. The first-order valence-corrected chi connectivity index (χ1v) is 5.61. The molecule has 0 spiro atoms. The van der Waals surface area contributed by atoms with Gasteiger partial charge in [-0.05, 0) is 30.5 Å². The second kappa shape index (κ2) is 3.39. The third-order valence-corrected chi connectivity index (χ3v) is 3.64. The number of alkyl halides is 1. The molecule has 0 N–H and O–H groups in total. The van der Waals surface area contributed by atoms with Gasteiger partial charge in [0.15, 0.2) is 0 Å². The van der Waals surface area contributed by atoms with Crippen molar-refractivity contribution in [2.24, 2.45) is 0 Å². The van der Waals surface area contributed by atoms with Crippen LogP contribution in [0.2, 0.25) is 0 Å². The predicted octanol–water partition coefficient (Wildman–Crippen LogP) is 4.69. The number of fused-ring (bicyclic) bond motifs is 1. The molecular weight excluding hydrogens is 251 g/mol. The second-order valence-corrected chi connectivity index (χ2v) is 4.98. The largest absolute Gasteiger partial charge is 0.242 e. The minimum absolute atomic E-state index is 0.799. The van der Waals surface area contributed by atoms with E-state index in [1.54, 1.807) is 6.92 Å². The molecule has 0 fully saturated rings. The van der Waals surface area contributed by atoms with E-state index in [2.05, 4.69) is 15.9 Å². The molecule has 1 unspecified atom stereocenters. The Kier molecular flexibility index (Phi) is 2.39. The first-order valence-electron chi connectivity index (χ1n) is 4.00. The maximum absolute atomic E-state index is 13.0. The smallest absolute Gasteiger partial charge is 0.131 e. The molecule has 0 radical (unpaired) electrons. The lowest BCUT2D eigenvalue weighted by Gasteiger charge is -1.91. The van der Waals surface area contributed by atoms with Gasteiger partial charge < -0.3 is 0 Å². The minimum atomic E-state index is -0.865. The fourth-order valence-electron chi connectivity index (χ4n) is 1.22. The van der Waals surface area contributed by atoms with Crippen molar-refractivity contribution in [3.8, 4) is 0 Å². The monoisotopic (exact) mass is 258 g/mol. The third-order valence-electron chi connectivity index (χ3n) is 1.89. The van der Waals surface area contributed by atoms with Crippen molar-refractivity contribution in [2.75, 3.05) is 0 Å². The third kappa shape index (κ3) is 1.76. The summed E-state index contributed by atoms with van der Waals surface area (Å²) in [4.78, 5) is 0.799. The van der Waals surface area contributed by atoms with E-state index < -0.39 is 6.17 Å². The van der Waals surface area contributed by atoms with E-state index in [1.807, 2.05) is 24.3 Å². The van der Waals surface area contributed by atoms with Crippen LogP contribution in [-0.2, 0) is 0 Å². The lowest BCUT2D eigenvalue weighted by atomic mass is 10.2. The van der Waals surface area contributed by atoms with E-state index in [0.29, 0.717) is 0 Å². The summed E-state index contributed by atoms with van der Waals surface area (Å²) in [5.74, 6) is 0. The maximum atomic E-state index is 13.0. The molecule has 3 heteroatoms. The zero-order valence-electron chi connectivity index (χ0n) is 7.05. The molecule has 0 saturated heterocycles. The standard InChI is InChI=1S/C10H8BrFS/c1-6(12)9-4-7-2-3-8(11)5-10(7)13-9/h2-6H,1H3. The fourth-order valence-corrected chi connectivity index (χ4v) is 2.77. The molecule has 2 rings (SSSR count).